The van der Waals surface area contributed by atoms with Gasteiger partial charge in [-0.25, -0.2) is 0 Å². The minimum atomic E-state index is 0.714. The maximum absolute atomic E-state index is 8.28. The van der Waals surface area contributed by atoms with E-state index < -0.39 is 0 Å². The molecule has 0 aromatic rings. The summed E-state index contributed by atoms with van der Waals surface area (Å²) in [7, 11) is 0. The number of rotatable bonds is 8. The molecule has 0 aromatic carbocycles. The lowest BCUT2D eigenvalue weighted by molar-refractivity contribution is 0.321. The van der Waals surface area contributed by atoms with Gasteiger partial charge in [0.25, 0.3) is 0 Å². The van der Waals surface area contributed by atoms with Gasteiger partial charge in [0, 0.05) is 12.6 Å². The first kappa shape index (κ1) is 16.7. The molecular weight excluding hydrogens is 222 g/mol. The predicted molar refractivity (Wildman–Crippen MR) is 80.3 cm³/mol. The minimum absolute atomic E-state index is 0.714. The van der Waals surface area contributed by atoms with Gasteiger partial charge in [-0.05, 0) is 53.4 Å². The van der Waals surface area contributed by atoms with E-state index in [1.54, 1.807) is 0 Å². The second-order valence-corrected chi connectivity index (χ2v) is 4.99. The van der Waals surface area contributed by atoms with Crippen molar-refractivity contribution in [1.29, 1.82) is 0 Å². The van der Waals surface area contributed by atoms with E-state index in [9.17, 15) is 0 Å². The van der Waals surface area contributed by atoms with Gasteiger partial charge in [0.05, 0.1) is 0 Å². The van der Waals surface area contributed by atoms with Gasteiger partial charge in [-0.3, -0.25) is 0 Å². The standard InChI is InChI=1S/C16H27NO/c1-14(2)8-5-9-15(3)10-6-11-16(4)12-7-13-17-18/h8,10,12-13,18H,5-7,9,11H2,1-4H3. The molecule has 0 saturated carbocycles. The molecule has 0 unspecified atom stereocenters. The summed E-state index contributed by atoms with van der Waals surface area (Å²) >= 11 is 0. The molecule has 0 aliphatic carbocycles. The van der Waals surface area contributed by atoms with Crippen LogP contribution in [0.4, 0.5) is 0 Å². The quantitative estimate of drug-likeness (QED) is 0.271. The van der Waals surface area contributed by atoms with Crippen LogP contribution in [-0.4, -0.2) is 11.4 Å². The van der Waals surface area contributed by atoms with E-state index >= 15 is 0 Å². The lowest BCUT2D eigenvalue weighted by Crippen LogP contribution is -1.81. The average Bonchev–Trinajstić information content (AvgIpc) is 2.29. The Kier molecular flexibility index (Phi) is 10.0. The zero-order valence-electron chi connectivity index (χ0n) is 12.2. The Morgan fingerprint density at radius 1 is 0.889 bits per heavy atom. The third-order valence-electron chi connectivity index (χ3n) is 2.78. The molecule has 0 saturated heterocycles. The molecular formula is C16H27NO. The molecule has 0 amide bonds. The van der Waals surface area contributed by atoms with Gasteiger partial charge in [-0.1, -0.05) is 34.9 Å². The van der Waals surface area contributed by atoms with Crippen molar-refractivity contribution in [3.8, 4) is 0 Å². The molecule has 0 aromatic heterocycles. The number of allylic oxidation sites excluding steroid dienone is 6. The third kappa shape index (κ3) is 11.2. The van der Waals surface area contributed by atoms with Gasteiger partial charge in [-0.2, -0.15) is 0 Å². The van der Waals surface area contributed by atoms with Crippen LogP contribution in [0.15, 0.2) is 40.1 Å². The SMILES string of the molecule is CC(C)=CCCC(C)=CCCC(C)=CCC=NO. The molecule has 102 valence electrons. The summed E-state index contributed by atoms with van der Waals surface area (Å²) in [5.41, 5.74) is 4.22. The molecule has 0 aliphatic heterocycles. The molecule has 2 nitrogen and oxygen atoms in total. The molecule has 0 rings (SSSR count). The summed E-state index contributed by atoms with van der Waals surface area (Å²) in [6.45, 7) is 8.61. The molecule has 0 bridgehead atoms. The zero-order valence-corrected chi connectivity index (χ0v) is 12.2. The number of hydrogen-bond acceptors (Lipinski definition) is 2. The van der Waals surface area contributed by atoms with Crippen LogP contribution in [0.1, 0.15) is 59.8 Å². The maximum atomic E-state index is 8.28. The summed E-state index contributed by atoms with van der Waals surface area (Å²) in [4.78, 5) is 0. The first-order valence-electron chi connectivity index (χ1n) is 6.66. The van der Waals surface area contributed by atoms with Gasteiger partial charge in [0.15, 0.2) is 0 Å². The zero-order chi connectivity index (χ0) is 13.8. The van der Waals surface area contributed by atoms with E-state index in [0.717, 1.165) is 25.7 Å². The lowest BCUT2D eigenvalue weighted by Gasteiger charge is -2.01. The highest BCUT2D eigenvalue weighted by Gasteiger charge is 1.91. The van der Waals surface area contributed by atoms with Crippen molar-refractivity contribution < 1.29 is 5.21 Å². The highest BCUT2D eigenvalue weighted by molar-refractivity contribution is 5.58. The normalized spacial score (nSPS) is 13.1. The fourth-order valence-corrected chi connectivity index (χ4v) is 1.64. The smallest absolute Gasteiger partial charge is 0.0473 e. The van der Waals surface area contributed by atoms with Crippen LogP contribution in [-0.2, 0) is 0 Å². The van der Waals surface area contributed by atoms with E-state index in [2.05, 4.69) is 51.1 Å². The molecule has 0 spiro atoms. The molecule has 1 N–H and O–H groups in total. The van der Waals surface area contributed by atoms with Gasteiger partial charge < -0.3 is 5.21 Å². The molecule has 0 heterocycles. The van der Waals surface area contributed by atoms with Crippen LogP contribution in [0, 0.1) is 0 Å². The van der Waals surface area contributed by atoms with Crippen LogP contribution in [0.25, 0.3) is 0 Å². The highest BCUT2D eigenvalue weighted by Crippen LogP contribution is 2.11. The van der Waals surface area contributed by atoms with E-state index in [1.807, 2.05) is 0 Å². The molecule has 2 heteroatoms. The monoisotopic (exact) mass is 249 g/mol. The van der Waals surface area contributed by atoms with Crippen molar-refractivity contribution in [2.75, 3.05) is 0 Å². The van der Waals surface area contributed by atoms with E-state index in [0.29, 0.717) is 6.42 Å². The van der Waals surface area contributed by atoms with Gasteiger partial charge in [-0.15, -0.1) is 5.16 Å². The predicted octanol–water partition coefficient (Wildman–Crippen LogP) is 5.26. The Morgan fingerprint density at radius 2 is 1.44 bits per heavy atom. The fourth-order valence-electron chi connectivity index (χ4n) is 1.64. The van der Waals surface area contributed by atoms with Gasteiger partial charge >= 0.3 is 0 Å². The maximum Gasteiger partial charge on any atom is 0.0473 e. The fraction of sp³-hybridized carbons (Fsp3) is 0.562. The molecule has 0 fully saturated rings. The Morgan fingerprint density at radius 3 is 2.00 bits per heavy atom. The van der Waals surface area contributed by atoms with E-state index in [1.165, 1.54) is 22.9 Å². The molecule has 0 radical (unpaired) electrons. The van der Waals surface area contributed by atoms with Gasteiger partial charge in [0.1, 0.15) is 0 Å². The topological polar surface area (TPSA) is 32.6 Å². The molecule has 18 heavy (non-hydrogen) atoms. The number of hydrogen-bond donors (Lipinski definition) is 1. The van der Waals surface area contributed by atoms with Crippen LogP contribution in [0.5, 0.6) is 0 Å². The first-order chi connectivity index (χ1) is 8.56. The van der Waals surface area contributed by atoms with E-state index in [4.69, 9.17) is 5.21 Å². The lowest BCUT2D eigenvalue weighted by atomic mass is 10.1. The van der Waals surface area contributed by atoms with Crippen LogP contribution >= 0.6 is 0 Å². The van der Waals surface area contributed by atoms with Crippen molar-refractivity contribution in [2.45, 2.75) is 59.8 Å². The summed E-state index contributed by atoms with van der Waals surface area (Å²) in [6.07, 6.45) is 13.4. The summed E-state index contributed by atoms with van der Waals surface area (Å²) in [5.74, 6) is 0. The second kappa shape index (κ2) is 10.8. The van der Waals surface area contributed by atoms with Crippen molar-refractivity contribution in [1.82, 2.24) is 0 Å². The highest BCUT2D eigenvalue weighted by atomic mass is 16.4. The molecule has 0 aliphatic rings. The Labute approximate surface area is 112 Å². The van der Waals surface area contributed by atoms with Crippen molar-refractivity contribution in [3.05, 3.63) is 34.9 Å². The van der Waals surface area contributed by atoms with Crippen molar-refractivity contribution in [2.24, 2.45) is 5.16 Å². The minimum Gasteiger partial charge on any atom is -0.411 e. The second-order valence-electron chi connectivity index (χ2n) is 4.99. The van der Waals surface area contributed by atoms with E-state index in [-0.39, 0.29) is 0 Å². The summed E-state index contributed by atoms with van der Waals surface area (Å²) < 4.78 is 0. The Hall–Kier alpha value is -1.31. The Bertz CT molecular complexity index is 331. The number of oxime groups is 1. The van der Waals surface area contributed by atoms with Gasteiger partial charge in [0.2, 0.25) is 0 Å². The van der Waals surface area contributed by atoms with Crippen LogP contribution < -0.4 is 0 Å². The van der Waals surface area contributed by atoms with Crippen molar-refractivity contribution >= 4 is 6.21 Å². The summed E-state index contributed by atoms with van der Waals surface area (Å²) in [5, 5.41) is 11.3. The van der Waals surface area contributed by atoms with Crippen LogP contribution in [0.2, 0.25) is 0 Å². The Balaban J connectivity index is 3.86. The van der Waals surface area contributed by atoms with Crippen molar-refractivity contribution in [3.63, 3.8) is 0 Å². The summed E-state index contributed by atoms with van der Waals surface area (Å²) in [6, 6.07) is 0. The molecule has 0 atom stereocenters. The largest absolute Gasteiger partial charge is 0.411 e. The first-order valence-corrected chi connectivity index (χ1v) is 6.66. The average molecular weight is 249 g/mol. The third-order valence-corrected chi connectivity index (χ3v) is 2.78. The van der Waals surface area contributed by atoms with Crippen LogP contribution in [0.3, 0.4) is 0 Å². The number of nitrogens with zero attached hydrogens (tertiary/aromatic N) is 1.